The van der Waals surface area contributed by atoms with Crippen molar-refractivity contribution in [3.05, 3.63) is 22.6 Å². The lowest BCUT2D eigenvalue weighted by Gasteiger charge is -2.27. The summed E-state index contributed by atoms with van der Waals surface area (Å²) >= 11 is 1.33. The number of nitrogens with one attached hydrogen (secondary N) is 1. The second-order valence-electron chi connectivity index (χ2n) is 4.79. The normalized spacial score (nSPS) is 21.2. The number of oxime groups is 1. The summed E-state index contributed by atoms with van der Waals surface area (Å²) in [7, 11) is 0. The van der Waals surface area contributed by atoms with Gasteiger partial charge in [-0.15, -0.1) is 11.3 Å². The molecule has 0 bridgehead atoms. The summed E-state index contributed by atoms with van der Waals surface area (Å²) in [5.41, 5.74) is -1.84. The number of anilines is 1. The van der Waals surface area contributed by atoms with Crippen molar-refractivity contribution >= 4 is 34.1 Å². The van der Waals surface area contributed by atoms with Gasteiger partial charge in [0, 0.05) is 31.1 Å². The van der Waals surface area contributed by atoms with E-state index in [2.05, 4.69) is 20.2 Å². The fourth-order valence-electron chi connectivity index (χ4n) is 2.23. The molecule has 22 heavy (non-hydrogen) atoms. The first kappa shape index (κ1) is 15.0. The minimum Gasteiger partial charge on any atom is -0.361 e. The number of rotatable bonds is 2. The molecular formula is C13H12F3N3O2S. The summed E-state index contributed by atoms with van der Waals surface area (Å²) in [4.78, 5) is 18.3. The Bertz CT molecular complexity index is 645. The van der Waals surface area contributed by atoms with Crippen molar-refractivity contribution in [1.82, 2.24) is 5.32 Å². The smallest absolute Gasteiger partial charge is 0.361 e. The molecule has 9 heteroatoms. The number of nitrogens with zero attached hydrogens (tertiary/aromatic N) is 2. The fourth-order valence-corrected chi connectivity index (χ4v) is 3.23. The van der Waals surface area contributed by atoms with Crippen LogP contribution in [0, 0.1) is 0 Å². The van der Waals surface area contributed by atoms with Crippen LogP contribution in [0.4, 0.5) is 18.2 Å². The van der Waals surface area contributed by atoms with Gasteiger partial charge in [-0.2, -0.15) is 13.2 Å². The van der Waals surface area contributed by atoms with Crippen molar-refractivity contribution in [2.24, 2.45) is 5.16 Å². The van der Waals surface area contributed by atoms with Crippen LogP contribution in [0.15, 0.2) is 22.9 Å². The molecule has 118 valence electrons. The third-order valence-electron chi connectivity index (χ3n) is 3.29. The monoisotopic (exact) mass is 331 g/mol. The Balaban J connectivity index is 1.84. The summed E-state index contributed by atoms with van der Waals surface area (Å²) in [6.45, 7) is 3.42. The van der Waals surface area contributed by atoms with Gasteiger partial charge in [0.05, 0.1) is 10.6 Å². The van der Waals surface area contributed by atoms with E-state index in [9.17, 15) is 18.0 Å². The highest BCUT2D eigenvalue weighted by Crippen LogP contribution is 2.32. The maximum Gasteiger partial charge on any atom is 0.437 e. The maximum absolute atomic E-state index is 12.8. The number of carbonyl (C=O) groups excluding carboxylic acids is 1. The number of hydrogen-bond acceptors (Lipinski definition) is 6. The third kappa shape index (κ3) is 3.00. The number of thiophene rings is 1. The van der Waals surface area contributed by atoms with E-state index in [-0.39, 0.29) is 0 Å². The average molecular weight is 331 g/mol. The molecular weight excluding hydrogens is 319 g/mol. The second-order valence-corrected chi connectivity index (χ2v) is 5.88. The van der Waals surface area contributed by atoms with E-state index >= 15 is 0 Å². The molecule has 1 aromatic rings. The van der Waals surface area contributed by atoms with Crippen LogP contribution in [-0.4, -0.2) is 44.0 Å². The molecule has 1 N–H and O–H groups in total. The molecule has 2 aliphatic heterocycles. The minimum atomic E-state index is -4.71. The second kappa shape index (κ2) is 5.73. The third-order valence-corrected chi connectivity index (χ3v) is 4.38. The topological polar surface area (TPSA) is 53.9 Å². The van der Waals surface area contributed by atoms with Crippen molar-refractivity contribution in [3.8, 4) is 0 Å². The summed E-state index contributed by atoms with van der Waals surface area (Å²) in [6, 6.07) is 3.53. The SMILES string of the molecule is O=C1ON=C(C(F)(F)F)C1=Cc1ccc(N2CCNCC2)s1. The Kier molecular flexibility index (Phi) is 3.92. The van der Waals surface area contributed by atoms with E-state index in [1.165, 1.54) is 17.4 Å². The Hall–Kier alpha value is -1.87. The van der Waals surface area contributed by atoms with Gasteiger partial charge in [0.2, 0.25) is 0 Å². The van der Waals surface area contributed by atoms with Crippen LogP contribution in [0.25, 0.3) is 6.08 Å². The first-order chi connectivity index (χ1) is 10.4. The lowest BCUT2D eigenvalue weighted by atomic mass is 10.1. The van der Waals surface area contributed by atoms with Crippen molar-refractivity contribution in [3.63, 3.8) is 0 Å². The molecule has 1 saturated heterocycles. The standard InChI is InChI=1S/C13H12F3N3O2S/c14-13(15,16)11-9(12(20)21-18-11)7-8-1-2-10(22-8)19-5-3-17-4-6-19/h1-2,7,17H,3-6H2. The lowest BCUT2D eigenvalue weighted by molar-refractivity contribution is -0.136. The zero-order valence-corrected chi connectivity index (χ0v) is 12.1. The Morgan fingerprint density at radius 1 is 1.32 bits per heavy atom. The minimum absolute atomic E-state index is 0.554. The van der Waals surface area contributed by atoms with Crippen LogP contribution in [0.2, 0.25) is 0 Å². The highest BCUT2D eigenvalue weighted by molar-refractivity contribution is 7.17. The summed E-state index contributed by atoms with van der Waals surface area (Å²) < 4.78 is 38.3. The number of halogens is 3. The lowest BCUT2D eigenvalue weighted by Crippen LogP contribution is -2.43. The fraction of sp³-hybridized carbons (Fsp3) is 0.385. The van der Waals surface area contributed by atoms with Gasteiger partial charge in [0.15, 0.2) is 5.71 Å². The summed E-state index contributed by atoms with van der Waals surface area (Å²) in [5, 5.41) is 7.01. The molecule has 2 aliphatic rings. The molecule has 1 fully saturated rings. The average Bonchev–Trinajstić information content (AvgIpc) is 3.08. The quantitative estimate of drug-likeness (QED) is 0.665. The Labute approximate surface area is 128 Å². The van der Waals surface area contributed by atoms with Gasteiger partial charge in [-0.3, -0.25) is 0 Å². The summed E-state index contributed by atoms with van der Waals surface area (Å²) in [6.07, 6.45) is -3.53. The zero-order chi connectivity index (χ0) is 15.7. The van der Waals surface area contributed by atoms with Gasteiger partial charge in [0.1, 0.15) is 0 Å². The number of alkyl halides is 3. The molecule has 0 aromatic carbocycles. The molecule has 0 amide bonds. The molecule has 0 unspecified atom stereocenters. The number of piperazine rings is 1. The molecule has 1 aromatic heterocycles. The first-order valence-electron chi connectivity index (χ1n) is 6.59. The Morgan fingerprint density at radius 3 is 2.73 bits per heavy atom. The van der Waals surface area contributed by atoms with E-state index < -0.39 is 23.4 Å². The predicted octanol–water partition coefficient (Wildman–Crippen LogP) is 2.02. The zero-order valence-electron chi connectivity index (χ0n) is 11.3. The molecule has 3 heterocycles. The molecule has 0 aliphatic carbocycles. The van der Waals surface area contributed by atoms with Gasteiger partial charge in [-0.1, -0.05) is 5.16 Å². The molecule has 0 atom stereocenters. The molecule has 0 saturated carbocycles. The largest absolute Gasteiger partial charge is 0.437 e. The van der Waals surface area contributed by atoms with Crippen LogP contribution >= 0.6 is 11.3 Å². The molecule has 5 nitrogen and oxygen atoms in total. The van der Waals surface area contributed by atoms with Crippen LogP contribution in [0.5, 0.6) is 0 Å². The van der Waals surface area contributed by atoms with Crippen LogP contribution in [0.3, 0.4) is 0 Å². The number of carbonyl (C=O) groups is 1. The highest BCUT2D eigenvalue weighted by Gasteiger charge is 2.45. The van der Waals surface area contributed by atoms with Crippen LogP contribution in [0.1, 0.15) is 4.88 Å². The predicted molar refractivity (Wildman–Crippen MR) is 77.0 cm³/mol. The van der Waals surface area contributed by atoms with Gasteiger partial charge in [0.25, 0.3) is 0 Å². The van der Waals surface area contributed by atoms with Crippen LogP contribution in [-0.2, 0) is 9.63 Å². The van der Waals surface area contributed by atoms with Crippen molar-refractivity contribution in [2.75, 3.05) is 31.1 Å². The van der Waals surface area contributed by atoms with E-state index in [4.69, 9.17) is 0 Å². The molecule has 0 radical (unpaired) electrons. The van der Waals surface area contributed by atoms with Crippen molar-refractivity contribution < 1.29 is 22.8 Å². The van der Waals surface area contributed by atoms with E-state index in [1.807, 2.05) is 6.07 Å². The van der Waals surface area contributed by atoms with Crippen molar-refractivity contribution in [1.29, 1.82) is 0 Å². The summed E-state index contributed by atoms with van der Waals surface area (Å²) in [5.74, 6) is -1.08. The van der Waals surface area contributed by atoms with Crippen LogP contribution < -0.4 is 10.2 Å². The van der Waals surface area contributed by atoms with Gasteiger partial charge < -0.3 is 15.1 Å². The first-order valence-corrected chi connectivity index (χ1v) is 7.41. The van der Waals surface area contributed by atoms with Gasteiger partial charge in [-0.05, 0) is 18.2 Å². The van der Waals surface area contributed by atoms with Gasteiger partial charge >= 0.3 is 12.1 Å². The molecule has 3 rings (SSSR count). The maximum atomic E-state index is 12.8. The number of hydrogen-bond donors (Lipinski definition) is 1. The Morgan fingerprint density at radius 2 is 2.05 bits per heavy atom. The van der Waals surface area contributed by atoms with E-state index in [1.54, 1.807) is 6.07 Å². The van der Waals surface area contributed by atoms with Crippen molar-refractivity contribution in [2.45, 2.75) is 6.18 Å². The van der Waals surface area contributed by atoms with Gasteiger partial charge in [-0.25, -0.2) is 4.79 Å². The van der Waals surface area contributed by atoms with E-state index in [0.29, 0.717) is 4.88 Å². The molecule has 0 spiro atoms. The highest BCUT2D eigenvalue weighted by atomic mass is 32.1. The van der Waals surface area contributed by atoms with E-state index in [0.717, 1.165) is 31.2 Å².